The van der Waals surface area contributed by atoms with Crippen molar-refractivity contribution in [1.82, 2.24) is 10.3 Å². The fraction of sp³-hybridized carbons (Fsp3) is 0.308. The van der Waals surface area contributed by atoms with E-state index in [0.717, 1.165) is 5.76 Å². The second kappa shape index (κ2) is 4.94. The molecule has 0 amide bonds. The van der Waals surface area contributed by atoms with E-state index >= 15 is 0 Å². The predicted molar refractivity (Wildman–Crippen MR) is 62.9 cm³/mol. The Balaban J connectivity index is 1.93. The molecule has 3 nitrogen and oxygen atoms in total. The van der Waals surface area contributed by atoms with Gasteiger partial charge in [0.1, 0.15) is 5.76 Å². The first-order valence-corrected chi connectivity index (χ1v) is 5.43. The van der Waals surface area contributed by atoms with Gasteiger partial charge in [-0.2, -0.15) is 0 Å². The number of benzene rings is 1. The highest BCUT2D eigenvalue weighted by atomic mass is 16.3. The molecule has 0 radical (unpaired) electrons. The Labute approximate surface area is 95.5 Å². The summed E-state index contributed by atoms with van der Waals surface area (Å²) in [4.78, 5) is 3.88. The first-order chi connectivity index (χ1) is 7.75. The molecule has 16 heavy (non-hydrogen) atoms. The highest BCUT2D eigenvalue weighted by Gasteiger charge is 2.05. The number of aryl methyl sites for hydroxylation is 1. The van der Waals surface area contributed by atoms with Crippen molar-refractivity contribution >= 4 is 0 Å². The minimum atomic E-state index is 0.311. The van der Waals surface area contributed by atoms with Crippen molar-refractivity contribution < 1.29 is 4.42 Å². The van der Waals surface area contributed by atoms with Gasteiger partial charge in [0.2, 0.25) is 0 Å². The average Bonchev–Trinajstić information content (AvgIpc) is 2.80. The van der Waals surface area contributed by atoms with Gasteiger partial charge in [0.15, 0.2) is 6.39 Å². The molecule has 2 aromatic rings. The van der Waals surface area contributed by atoms with E-state index in [0.29, 0.717) is 12.6 Å². The summed E-state index contributed by atoms with van der Waals surface area (Å²) in [5, 5.41) is 3.39. The van der Waals surface area contributed by atoms with Gasteiger partial charge in [0.25, 0.3) is 0 Å². The van der Waals surface area contributed by atoms with Crippen molar-refractivity contribution in [3.05, 3.63) is 53.7 Å². The maximum Gasteiger partial charge on any atom is 0.180 e. The highest BCUT2D eigenvalue weighted by molar-refractivity contribution is 5.23. The Bertz CT molecular complexity index is 420. The molecular weight excluding hydrogens is 200 g/mol. The van der Waals surface area contributed by atoms with E-state index in [2.05, 4.69) is 48.4 Å². The molecule has 3 heteroatoms. The van der Waals surface area contributed by atoms with Gasteiger partial charge >= 0.3 is 0 Å². The van der Waals surface area contributed by atoms with Gasteiger partial charge in [-0.1, -0.05) is 29.8 Å². The Morgan fingerprint density at radius 1 is 1.31 bits per heavy atom. The Kier molecular flexibility index (Phi) is 3.37. The van der Waals surface area contributed by atoms with Gasteiger partial charge in [-0.15, -0.1) is 0 Å². The second-order valence-electron chi connectivity index (χ2n) is 3.98. The van der Waals surface area contributed by atoms with Crippen molar-refractivity contribution in [2.45, 2.75) is 26.4 Å². The average molecular weight is 216 g/mol. The van der Waals surface area contributed by atoms with Crippen molar-refractivity contribution in [2.24, 2.45) is 0 Å². The summed E-state index contributed by atoms with van der Waals surface area (Å²) in [6.45, 7) is 4.94. The highest BCUT2D eigenvalue weighted by Crippen LogP contribution is 2.13. The largest absolute Gasteiger partial charge is 0.447 e. The Morgan fingerprint density at radius 3 is 2.69 bits per heavy atom. The molecule has 0 bridgehead atoms. The molecule has 0 fully saturated rings. The molecule has 84 valence electrons. The third kappa shape index (κ3) is 2.70. The molecule has 1 aromatic heterocycles. The third-order valence-electron chi connectivity index (χ3n) is 2.64. The number of nitrogens with zero attached hydrogens (tertiary/aromatic N) is 1. The summed E-state index contributed by atoms with van der Waals surface area (Å²) in [6.07, 6.45) is 3.18. The van der Waals surface area contributed by atoms with Crippen LogP contribution in [0.15, 0.2) is 41.3 Å². The monoisotopic (exact) mass is 216 g/mol. The van der Waals surface area contributed by atoms with E-state index in [4.69, 9.17) is 4.42 Å². The second-order valence-corrected chi connectivity index (χ2v) is 3.98. The van der Waals surface area contributed by atoms with Crippen LogP contribution in [0.4, 0.5) is 0 Å². The van der Waals surface area contributed by atoms with E-state index < -0.39 is 0 Å². The van der Waals surface area contributed by atoms with Crippen LogP contribution >= 0.6 is 0 Å². The molecule has 0 aliphatic heterocycles. The minimum absolute atomic E-state index is 0.311. The van der Waals surface area contributed by atoms with Crippen molar-refractivity contribution in [3.8, 4) is 0 Å². The predicted octanol–water partition coefficient (Wildman–Crippen LogP) is 2.83. The summed E-state index contributed by atoms with van der Waals surface area (Å²) in [5.41, 5.74) is 2.57. The normalized spacial score (nSPS) is 12.6. The molecule has 1 aromatic carbocycles. The number of hydrogen-bond donors (Lipinski definition) is 1. The molecular formula is C13H16N2O. The standard InChI is InChI=1S/C13H16N2O/c1-10-3-5-12(6-4-10)11(2)15-8-13-7-14-9-16-13/h3-7,9,11,15H,8H2,1-2H3/t11-/m0/s1. The number of aromatic nitrogens is 1. The fourth-order valence-electron chi connectivity index (χ4n) is 1.56. The SMILES string of the molecule is Cc1ccc([C@H](C)NCc2cnco2)cc1. The van der Waals surface area contributed by atoms with Gasteiger partial charge in [0, 0.05) is 6.04 Å². The van der Waals surface area contributed by atoms with Crippen LogP contribution < -0.4 is 5.32 Å². The van der Waals surface area contributed by atoms with Crippen LogP contribution in [0, 0.1) is 6.92 Å². The third-order valence-corrected chi connectivity index (χ3v) is 2.64. The Hall–Kier alpha value is -1.61. The van der Waals surface area contributed by atoms with Crippen molar-refractivity contribution in [3.63, 3.8) is 0 Å². The molecule has 0 unspecified atom stereocenters. The van der Waals surface area contributed by atoms with Gasteiger partial charge < -0.3 is 9.73 Å². The maximum atomic E-state index is 5.17. The van der Waals surface area contributed by atoms with Gasteiger partial charge in [-0.3, -0.25) is 0 Å². The number of oxazole rings is 1. The topological polar surface area (TPSA) is 38.1 Å². The van der Waals surface area contributed by atoms with Crippen LogP contribution in [-0.4, -0.2) is 4.98 Å². The van der Waals surface area contributed by atoms with E-state index in [-0.39, 0.29) is 0 Å². The van der Waals surface area contributed by atoms with E-state index in [1.165, 1.54) is 17.5 Å². The van der Waals surface area contributed by atoms with Crippen molar-refractivity contribution in [1.29, 1.82) is 0 Å². The van der Waals surface area contributed by atoms with Gasteiger partial charge in [0.05, 0.1) is 12.7 Å². The van der Waals surface area contributed by atoms with Gasteiger partial charge in [-0.05, 0) is 19.4 Å². The van der Waals surface area contributed by atoms with E-state index in [1.807, 2.05) is 0 Å². The van der Waals surface area contributed by atoms with Gasteiger partial charge in [-0.25, -0.2) is 4.98 Å². The summed E-state index contributed by atoms with van der Waals surface area (Å²) >= 11 is 0. The molecule has 0 aliphatic carbocycles. The zero-order valence-electron chi connectivity index (χ0n) is 9.60. The number of nitrogens with one attached hydrogen (secondary N) is 1. The first kappa shape index (κ1) is 10.9. The molecule has 1 N–H and O–H groups in total. The maximum absolute atomic E-state index is 5.17. The van der Waals surface area contributed by atoms with E-state index in [1.54, 1.807) is 6.20 Å². The van der Waals surface area contributed by atoms with Crippen LogP contribution in [0.5, 0.6) is 0 Å². The molecule has 2 rings (SSSR count). The summed E-state index contributed by atoms with van der Waals surface area (Å²) < 4.78 is 5.17. The molecule has 0 saturated heterocycles. The number of rotatable bonds is 4. The van der Waals surface area contributed by atoms with Crippen LogP contribution in [0.3, 0.4) is 0 Å². The Morgan fingerprint density at radius 2 is 2.06 bits per heavy atom. The molecule has 0 spiro atoms. The summed E-state index contributed by atoms with van der Waals surface area (Å²) in [7, 11) is 0. The lowest BCUT2D eigenvalue weighted by molar-refractivity contribution is 0.458. The molecule has 1 atom stereocenters. The summed E-state index contributed by atoms with van der Waals surface area (Å²) in [5.74, 6) is 0.860. The quantitative estimate of drug-likeness (QED) is 0.854. The first-order valence-electron chi connectivity index (χ1n) is 5.43. The lowest BCUT2D eigenvalue weighted by atomic mass is 10.1. The number of hydrogen-bond acceptors (Lipinski definition) is 3. The van der Waals surface area contributed by atoms with Crippen LogP contribution in [-0.2, 0) is 6.54 Å². The zero-order valence-corrected chi connectivity index (χ0v) is 9.60. The minimum Gasteiger partial charge on any atom is -0.447 e. The smallest absolute Gasteiger partial charge is 0.180 e. The van der Waals surface area contributed by atoms with Crippen LogP contribution in [0.25, 0.3) is 0 Å². The molecule has 0 aliphatic rings. The van der Waals surface area contributed by atoms with Crippen LogP contribution in [0.2, 0.25) is 0 Å². The molecule has 1 heterocycles. The van der Waals surface area contributed by atoms with E-state index in [9.17, 15) is 0 Å². The van der Waals surface area contributed by atoms with Crippen molar-refractivity contribution in [2.75, 3.05) is 0 Å². The molecule has 0 saturated carbocycles. The zero-order chi connectivity index (χ0) is 11.4. The fourth-order valence-corrected chi connectivity index (χ4v) is 1.56. The van der Waals surface area contributed by atoms with Crippen LogP contribution in [0.1, 0.15) is 29.9 Å². The summed E-state index contributed by atoms with van der Waals surface area (Å²) in [6, 6.07) is 8.86. The lowest BCUT2D eigenvalue weighted by Crippen LogP contribution is -2.17. The lowest BCUT2D eigenvalue weighted by Gasteiger charge is -2.13.